The van der Waals surface area contributed by atoms with Gasteiger partial charge in [-0.05, 0) is 71.8 Å². The summed E-state index contributed by atoms with van der Waals surface area (Å²) in [5.41, 5.74) is 11.8. The van der Waals surface area contributed by atoms with E-state index in [0.29, 0.717) is 50.1 Å². The zero-order valence-electron chi connectivity index (χ0n) is 21.5. The fourth-order valence-corrected chi connectivity index (χ4v) is 5.14. The zero-order valence-corrected chi connectivity index (χ0v) is 23.0. The highest BCUT2D eigenvalue weighted by atomic mass is 35.5. The molecular formula is C32H24Cl2N4O2. The summed E-state index contributed by atoms with van der Waals surface area (Å²) in [6, 6.07) is 29.4. The second kappa shape index (κ2) is 10.6. The number of ether oxygens (including phenoxy) is 1. The highest BCUT2D eigenvalue weighted by molar-refractivity contribution is 6.30. The minimum Gasteiger partial charge on any atom is -0.497 e. The Labute approximate surface area is 241 Å². The normalized spacial score (nSPS) is 14.8. The predicted molar refractivity (Wildman–Crippen MR) is 161 cm³/mol. The standard InChI is InChI=1S/C32H24Cl2N4O2/c1-40-25-14-15-28-26(16-25)27(17-29(36-28)19-2-8-22(33)9-3-19)32(39)38-31(21-4-10-23(34)11-5-21)18-30(37-38)20-6-12-24(35)13-7-20/h2-17,31H,18,35H2,1H3. The molecule has 8 heteroatoms. The van der Waals surface area contributed by atoms with E-state index in [9.17, 15) is 4.79 Å². The Kier molecular flexibility index (Phi) is 6.88. The van der Waals surface area contributed by atoms with Crippen LogP contribution in [-0.2, 0) is 0 Å². The van der Waals surface area contributed by atoms with Gasteiger partial charge in [0.1, 0.15) is 5.75 Å². The van der Waals surface area contributed by atoms with Crippen LogP contribution in [0.2, 0.25) is 10.0 Å². The van der Waals surface area contributed by atoms with Crippen molar-refractivity contribution in [2.45, 2.75) is 12.5 Å². The van der Waals surface area contributed by atoms with E-state index in [4.69, 9.17) is 43.8 Å². The van der Waals surface area contributed by atoms with Crippen LogP contribution in [0.1, 0.15) is 33.9 Å². The zero-order chi connectivity index (χ0) is 27.8. The summed E-state index contributed by atoms with van der Waals surface area (Å²) in [5.74, 6) is 0.380. The smallest absolute Gasteiger partial charge is 0.275 e. The number of benzene rings is 4. The van der Waals surface area contributed by atoms with Gasteiger partial charge >= 0.3 is 0 Å². The summed E-state index contributed by atoms with van der Waals surface area (Å²) >= 11 is 12.3. The molecule has 1 aromatic heterocycles. The molecule has 0 spiro atoms. The van der Waals surface area contributed by atoms with Gasteiger partial charge in [-0.15, -0.1) is 0 Å². The van der Waals surface area contributed by atoms with E-state index < -0.39 is 0 Å². The molecule has 2 N–H and O–H groups in total. The van der Waals surface area contributed by atoms with Crippen LogP contribution in [-0.4, -0.2) is 28.7 Å². The Balaban J connectivity index is 1.51. The van der Waals surface area contributed by atoms with Crippen molar-refractivity contribution in [3.63, 3.8) is 0 Å². The van der Waals surface area contributed by atoms with Gasteiger partial charge in [-0.25, -0.2) is 9.99 Å². The van der Waals surface area contributed by atoms with Crippen LogP contribution in [0.4, 0.5) is 5.69 Å². The summed E-state index contributed by atoms with van der Waals surface area (Å²) in [5, 5.41) is 8.35. The quantitative estimate of drug-likeness (QED) is 0.220. The molecule has 198 valence electrons. The number of halogens is 2. The van der Waals surface area contributed by atoms with E-state index in [-0.39, 0.29) is 11.9 Å². The number of hydrazone groups is 1. The Morgan fingerprint density at radius 1 is 0.875 bits per heavy atom. The van der Waals surface area contributed by atoms with Gasteiger partial charge in [0.15, 0.2) is 0 Å². The molecule has 0 fully saturated rings. The van der Waals surface area contributed by atoms with E-state index in [1.54, 1.807) is 24.3 Å². The van der Waals surface area contributed by atoms with Crippen LogP contribution in [0.5, 0.6) is 5.75 Å². The highest BCUT2D eigenvalue weighted by Gasteiger charge is 2.34. The number of hydrogen-bond acceptors (Lipinski definition) is 5. The van der Waals surface area contributed by atoms with Gasteiger partial charge in [0.25, 0.3) is 5.91 Å². The first kappa shape index (κ1) is 25.9. The monoisotopic (exact) mass is 566 g/mol. The minimum atomic E-state index is -0.329. The number of pyridine rings is 1. The summed E-state index contributed by atoms with van der Waals surface area (Å²) in [6.45, 7) is 0. The van der Waals surface area contributed by atoms with Crippen LogP contribution in [0.3, 0.4) is 0 Å². The largest absolute Gasteiger partial charge is 0.497 e. The molecule has 40 heavy (non-hydrogen) atoms. The number of methoxy groups -OCH3 is 1. The lowest BCUT2D eigenvalue weighted by Gasteiger charge is -2.23. The van der Waals surface area contributed by atoms with Gasteiger partial charge in [-0.2, -0.15) is 5.10 Å². The van der Waals surface area contributed by atoms with E-state index in [1.165, 1.54) is 0 Å². The third kappa shape index (κ3) is 4.99. The van der Waals surface area contributed by atoms with Crippen molar-refractivity contribution in [3.8, 4) is 17.0 Å². The lowest BCUT2D eigenvalue weighted by atomic mass is 9.97. The molecule has 0 aliphatic carbocycles. The second-order valence-electron chi connectivity index (χ2n) is 9.53. The maximum Gasteiger partial charge on any atom is 0.275 e. The van der Waals surface area contributed by atoms with Crippen molar-refractivity contribution in [3.05, 3.63) is 124 Å². The van der Waals surface area contributed by atoms with Crippen molar-refractivity contribution in [2.75, 3.05) is 12.8 Å². The van der Waals surface area contributed by atoms with Crippen LogP contribution in [0, 0.1) is 0 Å². The number of rotatable bonds is 5. The molecule has 0 radical (unpaired) electrons. The van der Waals surface area contributed by atoms with E-state index in [1.807, 2.05) is 84.9 Å². The first-order valence-electron chi connectivity index (χ1n) is 12.7. The van der Waals surface area contributed by atoms with Crippen LogP contribution in [0.15, 0.2) is 102 Å². The van der Waals surface area contributed by atoms with Gasteiger partial charge in [-0.1, -0.05) is 59.6 Å². The Hall–Kier alpha value is -4.39. The molecule has 1 amide bonds. The Morgan fingerprint density at radius 2 is 1.52 bits per heavy atom. The fraction of sp³-hybridized carbons (Fsp3) is 0.0938. The molecule has 1 unspecified atom stereocenters. The molecule has 4 aromatic carbocycles. The van der Waals surface area contributed by atoms with E-state index in [2.05, 4.69) is 0 Å². The van der Waals surface area contributed by atoms with Gasteiger partial charge in [-0.3, -0.25) is 4.79 Å². The Bertz CT molecular complexity index is 1750. The predicted octanol–water partition coefficient (Wildman–Crippen LogP) is 7.79. The topological polar surface area (TPSA) is 80.8 Å². The molecule has 0 saturated heterocycles. The average molecular weight is 567 g/mol. The number of amides is 1. The number of nitrogen functional groups attached to an aromatic ring is 1. The molecule has 1 aliphatic rings. The summed E-state index contributed by atoms with van der Waals surface area (Å²) in [6.07, 6.45) is 0.535. The first-order valence-corrected chi connectivity index (χ1v) is 13.4. The molecule has 1 atom stereocenters. The SMILES string of the molecule is COc1ccc2nc(-c3ccc(Cl)cc3)cc(C(=O)N3N=C(c4ccc(N)cc4)CC3c3ccc(Cl)cc3)c2c1. The average Bonchev–Trinajstić information content (AvgIpc) is 3.42. The minimum absolute atomic E-state index is 0.249. The van der Waals surface area contributed by atoms with Gasteiger partial charge in [0.05, 0.1) is 35.6 Å². The maximum absolute atomic E-state index is 14.5. The lowest BCUT2D eigenvalue weighted by molar-refractivity contribution is 0.0713. The number of nitrogens with zero attached hydrogens (tertiary/aromatic N) is 3. The molecule has 5 aromatic rings. The summed E-state index contributed by atoms with van der Waals surface area (Å²) < 4.78 is 5.48. The van der Waals surface area contributed by atoms with E-state index >= 15 is 0 Å². The van der Waals surface area contributed by atoms with Crippen molar-refractivity contribution >= 4 is 51.4 Å². The summed E-state index contributed by atoms with van der Waals surface area (Å²) in [4.78, 5) is 19.3. The third-order valence-corrected chi connectivity index (χ3v) is 7.51. The number of fused-ring (bicyclic) bond motifs is 1. The van der Waals surface area contributed by atoms with Gasteiger partial charge < -0.3 is 10.5 Å². The second-order valence-corrected chi connectivity index (χ2v) is 10.4. The van der Waals surface area contributed by atoms with Crippen LogP contribution >= 0.6 is 23.2 Å². The number of anilines is 1. The molecule has 2 heterocycles. The van der Waals surface area contributed by atoms with Gasteiger partial charge in [0, 0.05) is 33.1 Å². The number of hydrogen-bond donors (Lipinski definition) is 1. The van der Waals surface area contributed by atoms with Crippen LogP contribution in [0.25, 0.3) is 22.2 Å². The Morgan fingerprint density at radius 3 is 2.20 bits per heavy atom. The van der Waals surface area contributed by atoms with Gasteiger partial charge in [0.2, 0.25) is 0 Å². The molecule has 0 bridgehead atoms. The van der Waals surface area contributed by atoms with Crippen molar-refractivity contribution in [2.24, 2.45) is 5.10 Å². The molecule has 6 nitrogen and oxygen atoms in total. The molecule has 6 rings (SSSR count). The fourth-order valence-electron chi connectivity index (χ4n) is 4.89. The summed E-state index contributed by atoms with van der Waals surface area (Å²) in [7, 11) is 1.60. The number of carbonyl (C=O) groups is 1. The van der Waals surface area contributed by atoms with Crippen molar-refractivity contribution < 1.29 is 9.53 Å². The third-order valence-electron chi connectivity index (χ3n) is 7.00. The first-order chi connectivity index (χ1) is 19.4. The van der Waals surface area contributed by atoms with Crippen molar-refractivity contribution in [1.29, 1.82) is 0 Å². The highest BCUT2D eigenvalue weighted by Crippen LogP contribution is 2.37. The number of carbonyl (C=O) groups excluding carboxylic acids is 1. The lowest BCUT2D eigenvalue weighted by Crippen LogP contribution is -2.27. The maximum atomic E-state index is 14.5. The molecule has 0 saturated carbocycles. The molecular weight excluding hydrogens is 543 g/mol. The van der Waals surface area contributed by atoms with Crippen LogP contribution < -0.4 is 10.5 Å². The van der Waals surface area contributed by atoms with E-state index in [0.717, 1.165) is 22.4 Å². The molecule has 1 aliphatic heterocycles. The number of aromatic nitrogens is 1. The van der Waals surface area contributed by atoms with Crippen molar-refractivity contribution in [1.82, 2.24) is 9.99 Å². The number of nitrogens with two attached hydrogens (primary N) is 1.